The molecule has 3 aliphatic rings. The van der Waals surface area contributed by atoms with E-state index in [-0.39, 0.29) is 35.6 Å². The smallest absolute Gasteiger partial charge is 0.248 e. The Morgan fingerprint density at radius 1 is 1.19 bits per heavy atom. The molecule has 36 heavy (non-hydrogen) atoms. The molecule has 0 radical (unpaired) electrons. The molecule has 0 unspecified atom stereocenters. The first-order chi connectivity index (χ1) is 17.1. The molecule has 1 aliphatic carbocycles. The number of pyridine rings is 1. The highest BCUT2D eigenvalue weighted by molar-refractivity contribution is 6.06. The molecule has 0 spiro atoms. The lowest BCUT2D eigenvalue weighted by atomic mass is 10.0. The number of aromatic nitrogens is 3. The van der Waals surface area contributed by atoms with Crippen molar-refractivity contribution in [2.24, 2.45) is 5.41 Å². The molecule has 2 N–H and O–H groups in total. The maximum Gasteiger partial charge on any atom is 0.248 e. The number of nitrogens with one attached hydrogen (secondary N) is 2. The standard InChI is InChI=1S/C27H30N6O3/c1-14-5-6-15(2)29-25(14)30-26(36)21-11-27(4)12-22(27)33(21)23(35)13-32-20-9-17-7-8-28-19(17)10-18(20)24(31-32)16(3)34/h5-6,9-10,21-22,28H,7-8,11-13H2,1-4H3,(H,29,30,36)/t21-,22+,27-/m0/s1. The zero-order valence-electron chi connectivity index (χ0n) is 21.0. The molecule has 186 valence electrons. The molecule has 2 amide bonds. The normalized spacial score (nSPS) is 23.8. The number of amides is 2. The Morgan fingerprint density at radius 2 is 2.00 bits per heavy atom. The third-order valence-corrected chi connectivity index (χ3v) is 8.01. The molecule has 9 heteroatoms. The highest BCUT2D eigenvalue weighted by Gasteiger charge is 2.64. The molecule has 2 aromatic heterocycles. The number of fused-ring (bicyclic) bond motifs is 3. The highest BCUT2D eigenvalue weighted by atomic mass is 16.2. The molecule has 3 atom stereocenters. The lowest BCUT2D eigenvalue weighted by Gasteiger charge is -2.27. The lowest BCUT2D eigenvalue weighted by Crippen LogP contribution is -2.47. The number of nitrogens with zero attached hydrogens (tertiary/aromatic N) is 4. The van der Waals surface area contributed by atoms with Gasteiger partial charge in [0.1, 0.15) is 24.1 Å². The van der Waals surface area contributed by atoms with E-state index in [1.807, 2.05) is 38.1 Å². The van der Waals surface area contributed by atoms with E-state index in [4.69, 9.17) is 0 Å². The van der Waals surface area contributed by atoms with Crippen LogP contribution < -0.4 is 10.6 Å². The van der Waals surface area contributed by atoms with E-state index in [2.05, 4.69) is 27.6 Å². The van der Waals surface area contributed by atoms with Gasteiger partial charge in [-0.2, -0.15) is 5.10 Å². The van der Waals surface area contributed by atoms with Crippen molar-refractivity contribution < 1.29 is 14.4 Å². The van der Waals surface area contributed by atoms with E-state index in [1.54, 1.807) is 9.58 Å². The van der Waals surface area contributed by atoms with Crippen LogP contribution in [0.1, 0.15) is 54.0 Å². The maximum absolute atomic E-state index is 13.7. The van der Waals surface area contributed by atoms with E-state index >= 15 is 0 Å². The lowest BCUT2D eigenvalue weighted by molar-refractivity contribution is -0.138. The van der Waals surface area contributed by atoms with Crippen LogP contribution in [0.2, 0.25) is 0 Å². The zero-order chi connectivity index (χ0) is 25.4. The summed E-state index contributed by atoms with van der Waals surface area (Å²) in [6.07, 6.45) is 2.40. The summed E-state index contributed by atoms with van der Waals surface area (Å²) in [5.74, 6) is 0.0215. The quantitative estimate of drug-likeness (QED) is 0.536. The first-order valence-electron chi connectivity index (χ1n) is 12.5. The van der Waals surface area contributed by atoms with Gasteiger partial charge in [0.2, 0.25) is 11.8 Å². The van der Waals surface area contributed by atoms with Gasteiger partial charge in [0.05, 0.1) is 5.52 Å². The van der Waals surface area contributed by atoms with Gasteiger partial charge in [0, 0.05) is 36.3 Å². The summed E-state index contributed by atoms with van der Waals surface area (Å²) in [6.45, 7) is 8.24. The number of rotatable bonds is 5. The molecule has 2 fully saturated rings. The van der Waals surface area contributed by atoms with Crippen LogP contribution in [0.5, 0.6) is 0 Å². The number of likely N-dealkylation sites (tertiary alicyclic amines) is 1. The molecular weight excluding hydrogens is 456 g/mol. The minimum Gasteiger partial charge on any atom is -0.384 e. The third kappa shape index (κ3) is 3.56. The minimum atomic E-state index is -0.564. The topological polar surface area (TPSA) is 109 Å². The van der Waals surface area contributed by atoms with Crippen LogP contribution >= 0.6 is 0 Å². The number of hydrogen-bond acceptors (Lipinski definition) is 6. The first kappa shape index (κ1) is 22.7. The molecule has 1 saturated carbocycles. The Bertz CT molecular complexity index is 1460. The molecule has 3 aromatic rings. The van der Waals surface area contributed by atoms with Gasteiger partial charge in [-0.25, -0.2) is 4.98 Å². The number of Topliss-reactive ketones (excluding diaryl/α,β-unsaturated/α-hetero) is 1. The summed E-state index contributed by atoms with van der Waals surface area (Å²) in [5.41, 5.74) is 4.95. The first-order valence-corrected chi connectivity index (χ1v) is 12.5. The van der Waals surface area contributed by atoms with Gasteiger partial charge in [-0.05, 0) is 67.9 Å². The number of hydrogen-bond donors (Lipinski definition) is 2. The van der Waals surface area contributed by atoms with E-state index in [0.717, 1.165) is 52.8 Å². The van der Waals surface area contributed by atoms with Crippen molar-refractivity contribution in [3.63, 3.8) is 0 Å². The largest absolute Gasteiger partial charge is 0.384 e. The Balaban J connectivity index is 1.30. The van der Waals surface area contributed by atoms with Gasteiger partial charge in [-0.3, -0.25) is 19.1 Å². The second kappa shape index (κ2) is 7.88. The van der Waals surface area contributed by atoms with Crippen molar-refractivity contribution in [1.82, 2.24) is 19.7 Å². The second-order valence-corrected chi connectivity index (χ2v) is 10.8. The van der Waals surface area contributed by atoms with E-state index in [0.29, 0.717) is 17.9 Å². The molecule has 4 heterocycles. The Labute approximate surface area is 209 Å². The van der Waals surface area contributed by atoms with Crippen molar-refractivity contribution in [2.45, 2.75) is 65.6 Å². The van der Waals surface area contributed by atoms with Crippen LogP contribution in [-0.4, -0.2) is 55.9 Å². The minimum absolute atomic E-state index is 0.0198. The summed E-state index contributed by atoms with van der Waals surface area (Å²) in [5, 5.41) is 11.6. The molecule has 6 rings (SSSR count). The number of carbonyl (C=O) groups excluding carboxylic acids is 3. The van der Waals surface area contributed by atoms with Gasteiger partial charge in [-0.1, -0.05) is 13.0 Å². The van der Waals surface area contributed by atoms with Gasteiger partial charge >= 0.3 is 0 Å². The number of benzene rings is 1. The summed E-state index contributed by atoms with van der Waals surface area (Å²) in [4.78, 5) is 45.6. The predicted molar refractivity (Wildman–Crippen MR) is 136 cm³/mol. The van der Waals surface area contributed by atoms with Gasteiger partial charge in [0.15, 0.2) is 5.78 Å². The molecule has 9 nitrogen and oxygen atoms in total. The van der Waals surface area contributed by atoms with Gasteiger partial charge < -0.3 is 15.5 Å². The van der Waals surface area contributed by atoms with E-state index in [1.165, 1.54) is 6.92 Å². The Kier molecular flexibility index (Phi) is 4.97. The summed E-state index contributed by atoms with van der Waals surface area (Å²) in [6, 6.07) is 7.29. The number of carbonyl (C=O) groups is 3. The number of anilines is 2. The molecular formula is C27H30N6O3. The van der Waals surface area contributed by atoms with Crippen LogP contribution in [-0.2, 0) is 22.6 Å². The number of ketones is 1. The molecule has 0 bridgehead atoms. The monoisotopic (exact) mass is 486 g/mol. The average molecular weight is 487 g/mol. The predicted octanol–water partition coefficient (Wildman–Crippen LogP) is 3.24. The number of aryl methyl sites for hydroxylation is 2. The van der Waals surface area contributed by atoms with Crippen LogP contribution in [0.3, 0.4) is 0 Å². The van der Waals surface area contributed by atoms with Gasteiger partial charge in [-0.15, -0.1) is 0 Å². The van der Waals surface area contributed by atoms with E-state index in [9.17, 15) is 14.4 Å². The number of piperidine rings is 1. The van der Waals surface area contributed by atoms with Gasteiger partial charge in [0.25, 0.3) is 0 Å². The summed E-state index contributed by atoms with van der Waals surface area (Å²) < 4.78 is 1.63. The fourth-order valence-electron chi connectivity index (χ4n) is 5.87. The summed E-state index contributed by atoms with van der Waals surface area (Å²) >= 11 is 0. The molecule has 1 aromatic carbocycles. The van der Waals surface area contributed by atoms with Crippen LogP contribution in [0.25, 0.3) is 10.9 Å². The zero-order valence-corrected chi connectivity index (χ0v) is 21.0. The van der Waals surface area contributed by atoms with Crippen LogP contribution in [0.4, 0.5) is 11.5 Å². The highest BCUT2D eigenvalue weighted by Crippen LogP contribution is 2.59. The molecule has 1 saturated heterocycles. The van der Waals surface area contributed by atoms with E-state index < -0.39 is 6.04 Å². The fourth-order valence-corrected chi connectivity index (χ4v) is 5.87. The van der Waals surface area contributed by atoms with Crippen molar-refractivity contribution in [2.75, 3.05) is 17.2 Å². The maximum atomic E-state index is 13.7. The fraction of sp³-hybridized carbons (Fsp3) is 0.444. The van der Waals surface area contributed by atoms with Crippen LogP contribution in [0.15, 0.2) is 24.3 Å². The molecule has 2 aliphatic heterocycles. The third-order valence-electron chi connectivity index (χ3n) is 8.01. The SMILES string of the molecule is CC(=O)c1nn(CC(=O)N2[C@H](C(=O)Nc3nc(C)ccc3C)C[C@@]3(C)C[C@@H]23)c2cc3c(cc12)NCC3. The Hall–Kier alpha value is -3.75. The van der Waals surface area contributed by atoms with Crippen LogP contribution in [0, 0.1) is 19.3 Å². The van der Waals surface area contributed by atoms with Crippen molar-refractivity contribution in [3.8, 4) is 0 Å². The Morgan fingerprint density at radius 3 is 2.78 bits per heavy atom. The van der Waals surface area contributed by atoms with Crippen molar-refractivity contribution in [3.05, 3.63) is 46.8 Å². The second-order valence-electron chi connectivity index (χ2n) is 10.8. The van der Waals surface area contributed by atoms with Crippen molar-refractivity contribution >= 4 is 40.0 Å². The summed E-state index contributed by atoms with van der Waals surface area (Å²) in [7, 11) is 0. The van der Waals surface area contributed by atoms with Crippen molar-refractivity contribution in [1.29, 1.82) is 0 Å². The average Bonchev–Trinajstić information content (AvgIpc) is 3.15.